The topological polar surface area (TPSA) is 115 Å². The van der Waals surface area contributed by atoms with Gasteiger partial charge in [-0.2, -0.15) is 0 Å². The third kappa shape index (κ3) is 5.39. The summed E-state index contributed by atoms with van der Waals surface area (Å²) in [4.78, 5) is 67.7. The Morgan fingerprint density at radius 1 is 0.930 bits per heavy atom. The van der Waals surface area contributed by atoms with Crippen LogP contribution in [0.4, 0.5) is 11.4 Å². The number of carbonyl (C=O) groups excluding carboxylic acids is 4. The third-order valence-corrected chi connectivity index (χ3v) is 10.1. The Bertz CT molecular complexity index is 1790. The molecular weight excluding hydrogens is 610 g/mol. The summed E-state index contributed by atoms with van der Waals surface area (Å²) in [5, 5.41) is 2.97. The van der Waals surface area contributed by atoms with Crippen LogP contribution in [0.3, 0.4) is 0 Å². The molecule has 0 unspecified atom stereocenters. The Balaban J connectivity index is 1.35. The fourth-order valence-electron chi connectivity index (χ4n) is 5.37. The predicted octanol–water partition coefficient (Wildman–Crippen LogP) is 5.17. The van der Waals surface area contributed by atoms with Crippen molar-refractivity contribution in [3.8, 4) is 0 Å². The van der Waals surface area contributed by atoms with Gasteiger partial charge in [0.05, 0.1) is 28.8 Å². The third-order valence-electron chi connectivity index (χ3n) is 7.27. The summed E-state index contributed by atoms with van der Waals surface area (Å²) in [5.41, 5.74) is 1.97. The van der Waals surface area contributed by atoms with E-state index in [9.17, 15) is 24.0 Å². The number of nitrogens with zero attached hydrogens (tertiary/aromatic N) is 2. The number of hydrogen-bond donors (Lipinski definition) is 1. The Hall–Kier alpha value is -4.19. The minimum Gasteiger partial charge on any atom is -0.462 e. The van der Waals surface area contributed by atoms with E-state index in [2.05, 4.69) is 5.32 Å². The molecule has 3 atom stereocenters. The van der Waals surface area contributed by atoms with E-state index >= 15 is 0 Å². The van der Waals surface area contributed by atoms with E-state index in [1.807, 2.05) is 30.3 Å². The number of imide groups is 1. The normalized spacial score (nSPS) is 19.1. The van der Waals surface area contributed by atoms with E-state index in [-0.39, 0.29) is 18.0 Å². The zero-order valence-electron chi connectivity index (χ0n) is 22.7. The lowest BCUT2D eigenvalue weighted by atomic mass is 9.83. The largest absolute Gasteiger partial charge is 0.462 e. The molecule has 2 aliphatic rings. The van der Waals surface area contributed by atoms with Crippen molar-refractivity contribution < 1.29 is 23.9 Å². The number of nitrogens with one attached hydrogen (secondary N) is 1. The average molecular weight is 634 g/mol. The summed E-state index contributed by atoms with van der Waals surface area (Å²) in [5.74, 6) is -3.07. The quantitative estimate of drug-likeness (QED) is 0.220. The van der Waals surface area contributed by atoms with Crippen molar-refractivity contribution in [2.75, 3.05) is 16.8 Å². The number of rotatable bonds is 7. The van der Waals surface area contributed by atoms with Crippen LogP contribution in [0, 0.1) is 5.92 Å². The van der Waals surface area contributed by atoms with E-state index in [0.717, 1.165) is 33.6 Å². The molecule has 0 aliphatic carbocycles. The van der Waals surface area contributed by atoms with Gasteiger partial charge in [0.25, 0.3) is 0 Å². The molecule has 1 saturated heterocycles. The lowest BCUT2D eigenvalue weighted by Crippen LogP contribution is -2.33. The van der Waals surface area contributed by atoms with Gasteiger partial charge in [-0.3, -0.25) is 23.7 Å². The van der Waals surface area contributed by atoms with Gasteiger partial charge in [-0.15, -0.1) is 0 Å². The zero-order valence-corrected chi connectivity index (χ0v) is 25.1. The SMILES string of the molecule is CCOC(=O)c1ccc(N2C(=O)[C@H]3[C@H](c4ccccc4)c4sc(=O)n(CC(=O)Nc5ccc(Cl)cc5)c4S[C@H]3C2=O)cc1. The van der Waals surface area contributed by atoms with Gasteiger partial charge in [0.2, 0.25) is 17.7 Å². The van der Waals surface area contributed by atoms with Crippen molar-refractivity contribution in [1.29, 1.82) is 0 Å². The molecule has 218 valence electrons. The van der Waals surface area contributed by atoms with Crippen molar-refractivity contribution in [1.82, 2.24) is 4.57 Å². The molecular formula is C31H24ClN3O6S2. The van der Waals surface area contributed by atoms with Gasteiger partial charge in [-0.25, -0.2) is 9.69 Å². The number of ether oxygens (including phenoxy) is 1. The summed E-state index contributed by atoms with van der Waals surface area (Å²) in [6, 6.07) is 22.0. The monoisotopic (exact) mass is 633 g/mol. The number of carbonyl (C=O) groups is 4. The van der Waals surface area contributed by atoms with Gasteiger partial charge in [0, 0.05) is 21.5 Å². The van der Waals surface area contributed by atoms with Crippen LogP contribution in [-0.2, 0) is 25.7 Å². The molecule has 1 N–H and O–H groups in total. The van der Waals surface area contributed by atoms with Gasteiger partial charge in [-0.05, 0) is 61.0 Å². The lowest BCUT2D eigenvalue weighted by molar-refractivity contribution is -0.122. The molecule has 3 aromatic carbocycles. The summed E-state index contributed by atoms with van der Waals surface area (Å²) in [7, 11) is 0. The number of anilines is 2. The lowest BCUT2D eigenvalue weighted by Gasteiger charge is -2.30. The van der Waals surface area contributed by atoms with Crippen molar-refractivity contribution in [2.24, 2.45) is 5.92 Å². The zero-order chi connectivity index (χ0) is 30.2. The fraction of sp³-hybridized carbons (Fsp3) is 0.194. The predicted molar refractivity (Wildman–Crippen MR) is 165 cm³/mol. The molecule has 0 spiro atoms. The standard InChI is InChI=1S/C31H24ClN3O6S2/c1-2-41-30(39)18-8-14-21(15-9-18)35-27(37)24-23(17-6-4-3-5-7-17)26-29(42-25(24)28(35)38)34(31(40)43-26)16-22(36)33-20-12-10-19(32)11-13-20/h3-15,23-25H,2,16H2,1H3,(H,33,36)/t23-,24-,25+/m0/s1. The molecule has 0 saturated carbocycles. The minimum absolute atomic E-state index is 0.225. The molecule has 12 heteroatoms. The van der Waals surface area contributed by atoms with E-state index in [1.54, 1.807) is 43.3 Å². The van der Waals surface area contributed by atoms with E-state index in [1.165, 1.54) is 16.7 Å². The molecule has 0 radical (unpaired) electrons. The molecule has 3 heterocycles. The Morgan fingerprint density at radius 2 is 1.63 bits per heavy atom. The smallest absolute Gasteiger partial charge is 0.338 e. The highest BCUT2D eigenvalue weighted by molar-refractivity contribution is 8.00. The van der Waals surface area contributed by atoms with Crippen molar-refractivity contribution in [2.45, 2.75) is 29.7 Å². The molecule has 2 aliphatic heterocycles. The number of fused-ring (bicyclic) bond motifs is 2. The molecule has 6 rings (SSSR count). The Kier molecular flexibility index (Phi) is 7.95. The van der Waals surface area contributed by atoms with Crippen LogP contribution in [0.2, 0.25) is 5.02 Å². The first kappa shape index (κ1) is 28.9. The van der Waals surface area contributed by atoms with E-state index in [4.69, 9.17) is 16.3 Å². The second-order valence-electron chi connectivity index (χ2n) is 9.91. The Labute approximate surface area is 259 Å². The second kappa shape index (κ2) is 11.8. The number of aromatic nitrogens is 1. The first-order chi connectivity index (χ1) is 20.8. The number of benzene rings is 3. The minimum atomic E-state index is -0.825. The number of hydrogen-bond acceptors (Lipinski definition) is 8. The van der Waals surface area contributed by atoms with Gasteiger partial charge in [0.15, 0.2) is 0 Å². The second-order valence-corrected chi connectivity index (χ2v) is 12.5. The average Bonchev–Trinajstić information content (AvgIpc) is 3.45. The molecule has 0 bridgehead atoms. The summed E-state index contributed by atoms with van der Waals surface area (Å²) in [6.07, 6.45) is 0. The fourth-order valence-corrected chi connectivity index (χ4v) is 8.27. The van der Waals surface area contributed by atoms with Crippen LogP contribution < -0.4 is 15.1 Å². The van der Waals surface area contributed by atoms with Crippen LogP contribution in [0.25, 0.3) is 0 Å². The van der Waals surface area contributed by atoms with Crippen molar-refractivity contribution in [3.05, 3.63) is 110 Å². The number of halogens is 1. The maximum absolute atomic E-state index is 14.0. The van der Waals surface area contributed by atoms with E-state index in [0.29, 0.717) is 31.9 Å². The number of thioether (sulfide) groups is 1. The summed E-state index contributed by atoms with van der Waals surface area (Å²) in [6.45, 7) is 1.67. The van der Waals surface area contributed by atoms with Crippen LogP contribution in [0.1, 0.15) is 33.6 Å². The molecule has 3 amide bonds. The van der Waals surface area contributed by atoms with Crippen LogP contribution in [-0.4, -0.2) is 40.1 Å². The van der Waals surface area contributed by atoms with Crippen LogP contribution in [0.5, 0.6) is 0 Å². The van der Waals surface area contributed by atoms with Gasteiger partial charge in [-0.1, -0.05) is 65.0 Å². The van der Waals surface area contributed by atoms with Crippen molar-refractivity contribution >= 4 is 69.8 Å². The number of esters is 1. The molecule has 1 aromatic heterocycles. The first-order valence-electron chi connectivity index (χ1n) is 13.4. The highest BCUT2D eigenvalue weighted by Crippen LogP contribution is 2.53. The highest BCUT2D eigenvalue weighted by Gasteiger charge is 2.56. The Morgan fingerprint density at radius 3 is 2.30 bits per heavy atom. The highest BCUT2D eigenvalue weighted by atomic mass is 35.5. The summed E-state index contributed by atoms with van der Waals surface area (Å²) < 4.78 is 6.41. The van der Waals surface area contributed by atoms with Gasteiger partial charge >= 0.3 is 10.8 Å². The molecule has 43 heavy (non-hydrogen) atoms. The maximum Gasteiger partial charge on any atom is 0.338 e. The summed E-state index contributed by atoms with van der Waals surface area (Å²) >= 11 is 8.06. The molecule has 1 fully saturated rings. The maximum atomic E-state index is 14.0. The number of amides is 3. The van der Waals surface area contributed by atoms with Gasteiger partial charge in [0.1, 0.15) is 11.8 Å². The van der Waals surface area contributed by atoms with Gasteiger partial charge < -0.3 is 10.1 Å². The van der Waals surface area contributed by atoms with Crippen LogP contribution >= 0.6 is 34.7 Å². The first-order valence-corrected chi connectivity index (χ1v) is 15.5. The molecule has 4 aromatic rings. The van der Waals surface area contributed by atoms with E-state index < -0.39 is 40.8 Å². The van der Waals surface area contributed by atoms with Crippen LogP contribution in [0.15, 0.2) is 88.7 Å². The number of thiazole rings is 1. The van der Waals surface area contributed by atoms with Crippen molar-refractivity contribution in [3.63, 3.8) is 0 Å². The molecule has 9 nitrogen and oxygen atoms in total.